The molecule has 0 radical (unpaired) electrons. The van der Waals surface area contributed by atoms with E-state index in [1.54, 1.807) is 6.92 Å². The van der Waals surface area contributed by atoms with Crippen LogP contribution in [0.3, 0.4) is 0 Å². The fraction of sp³-hybridized carbons (Fsp3) is 0.300. The summed E-state index contributed by atoms with van der Waals surface area (Å²) in [5.74, 6) is 0.220. The van der Waals surface area contributed by atoms with Gasteiger partial charge in [0.25, 0.3) is 0 Å². The summed E-state index contributed by atoms with van der Waals surface area (Å²) < 4.78 is 1.03. The van der Waals surface area contributed by atoms with Gasteiger partial charge in [-0.25, -0.2) is 0 Å². The van der Waals surface area contributed by atoms with Gasteiger partial charge in [-0.2, -0.15) is 0 Å². The summed E-state index contributed by atoms with van der Waals surface area (Å²) in [6, 6.07) is 8.19. The molecule has 12 heavy (non-hydrogen) atoms. The van der Waals surface area contributed by atoms with Gasteiger partial charge in [-0.05, 0) is 18.1 Å². The van der Waals surface area contributed by atoms with E-state index < -0.39 is 0 Å². The van der Waals surface area contributed by atoms with Gasteiger partial charge in [-0.3, -0.25) is 4.79 Å². The van der Waals surface area contributed by atoms with Crippen LogP contribution in [0.2, 0.25) is 0 Å². The van der Waals surface area contributed by atoms with Crippen molar-refractivity contribution < 1.29 is 4.79 Å². The van der Waals surface area contributed by atoms with Gasteiger partial charge in [0.15, 0.2) is 0 Å². The van der Waals surface area contributed by atoms with Gasteiger partial charge in [0.2, 0.25) is 0 Å². The Balaban J connectivity index is 2.71. The van der Waals surface area contributed by atoms with Crippen LogP contribution in [0.1, 0.15) is 18.1 Å². The van der Waals surface area contributed by atoms with Crippen LogP contribution >= 0.6 is 22.6 Å². The minimum absolute atomic E-state index is 0.220. The van der Waals surface area contributed by atoms with Crippen LogP contribution in [0, 0.1) is 0 Å². The third-order valence-electron chi connectivity index (χ3n) is 1.63. The lowest BCUT2D eigenvalue weighted by Gasteiger charge is -1.98. The first-order valence-corrected chi connectivity index (χ1v) is 5.38. The van der Waals surface area contributed by atoms with E-state index in [1.165, 1.54) is 5.56 Å². The molecule has 0 aromatic heterocycles. The number of rotatable bonds is 3. The predicted octanol–water partition coefficient (Wildman–Crippen LogP) is 2.75. The summed E-state index contributed by atoms with van der Waals surface area (Å²) in [4.78, 5) is 10.8. The summed E-state index contributed by atoms with van der Waals surface area (Å²) in [5, 5.41) is 0. The highest BCUT2D eigenvalue weighted by Crippen LogP contribution is 2.08. The van der Waals surface area contributed by atoms with Crippen LogP contribution < -0.4 is 0 Å². The van der Waals surface area contributed by atoms with Crippen molar-refractivity contribution >= 4 is 28.4 Å². The minimum Gasteiger partial charge on any atom is -0.300 e. The Morgan fingerprint density at radius 2 is 1.75 bits per heavy atom. The molecule has 1 aromatic carbocycles. The van der Waals surface area contributed by atoms with Gasteiger partial charge in [0, 0.05) is 10.8 Å². The van der Waals surface area contributed by atoms with Crippen molar-refractivity contribution in [1.29, 1.82) is 0 Å². The van der Waals surface area contributed by atoms with Crippen LogP contribution in [0.25, 0.3) is 0 Å². The third-order valence-corrected chi connectivity index (χ3v) is 2.51. The van der Waals surface area contributed by atoms with E-state index in [-0.39, 0.29) is 5.78 Å². The number of alkyl halides is 1. The lowest BCUT2D eigenvalue weighted by Crippen LogP contribution is -1.95. The smallest absolute Gasteiger partial charge is 0.134 e. The molecule has 0 saturated heterocycles. The Morgan fingerprint density at radius 3 is 2.17 bits per heavy atom. The number of halogens is 1. The lowest BCUT2D eigenvalue weighted by molar-refractivity contribution is -0.116. The highest BCUT2D eigenvalue weighted by atomic mass is 127. The van der Waals surface area contributed by atoms with E-state index in [2.05, 4.69) is 34.7 Å². The maximum atomic E-state index is 10.8. The van der Waals surface area contributed by atoms with E-state index in [9.17, 15) is 4.79 Å². The fourth-order valence-corrected chi connectivity index (χ4v) is 1.54. The highest BCUT2D eigenvalue weighted by molar-refractivity contribution is 14.1. The molecule has 1 nitrogen and oxygen atoms in total. The zero-order valence-corrected chi connectivity index (χ0v) is 9.17. The summed E-state index contributed by atoms with van der Waals surface area (Å²) in [6.07, 6.45) is 0.557. The molecule has 0 bridgehead atoms. The molecular weight excluding hydrogens is 263 g/mol. The first kappa shape index (κ1) is 9.71. The molecule has 0 N–H and O–H groups in total. The normalized spacial score (nSPS) is 9.83. The maximum Gasteiger partial charge on any atom is 0.134 e. The summed E-state index contributed by atoms with van der Waals surface area (Å²) in [5.41, 5.74) is 2.42. The van der Waals surface area contributed by atoms with E-state index in [1.807, 2.05) is 12.1 Å². The zero-order chi connectivity index (χ0) is 8.97. The average molecular weight is 274 g/mol. The number of hydrogen-bond donors (Lipinski definition) is 0. The van der Waals surface area contributed by atoms with Crippen LogP contribution in [0.4, 0.5) is 0 Å². The van der Waals surface area contributed by atoms with Crippen molar-refractivity contribution in [2.24, 2.45) is 0 Å². The van der Waals surface area contributed by atoms with E-state index >= 15 is 0 Å². The predicted molar refractivity (Wildman–Crippen MR) is 58.6 cm³/mol. The van der Waals surface area contributed by atoms with Crippen molar-refractivity contribution in [3.8, 4) is 0 Å². The Hall–Kier alpha value is -0.380. The molecule has 0 atom stereocenters. The molecule has 2 heteroatoms. The molecule has 0 aliphatic carbocycles. The molecule has 0 fully saturated rings. The van der Waals surface area contributed by atoms with Crippen molar-refractivity contribution in [3.05, 3.63) is 35.4 Å². The van der Waals surface area contributed by atoms with Gasteiger partial charge in [-0.1, -0.05) is 46.9 Å². The van der Waals surface area contributed by atoms with Crippen LogP contribution in [0.15, 0.2) is 24.3 Å². The third kappa shape index (κ3) is 2.93. The molecule has 0 unspecified atom stereocenters. The number of carbonyl (C=O) groups is 1. The van der Waals surface area contributed by atoms with Gasteiger partial charge in [-0.15, -0.1) is 0 Å². The first-order chi connectivity index (χ1) is 5.72. The maximum absolute atomic E-state index is 10.8. The molecule has 1 aromatic rings. The molecule has 1 rings (SSSR count). The van der Waals surface area contributed by atoms with E-state index in [0.717, 1.165) is 9.99 Å². The molecule has 0 aliphatic heterocycles. The molecule has 0 amide bonds. The first-order valence-electron chi connectivity index (χ1n) is 3.85. The topological polar surface area (TPSA) is 17.1 Å². The standard InChI is InChI=1S/C10H11IO/c1-8(12)6-9-2-4-10(7-11)5-3-9/h2-5H,6-7H2,1H3. The van der Waals surface area contributed by atoms with Gasteiger partial charge in [0.1, 0.15) is 5.78 Å². The number of ketones is 1. The van der Waals surface area contributed by atoms with Crippen LogP contribution in [-0.2, 0) is 15.6 Å². The van der Waals surface area contributed by atoms with Gasteiger partial charge < -0.3 is 0 Å². The summed E-state index contributed by atoms with van der Waals surface area (Å²) in [7, 11) is 0. The number of hydrogen-bond acceptors (Lipinski definition) is 1. The minimum atomic E-state index is 0.220. The largest absolute Gasteiger partial charge is 0.300 e. The monoisotopic (exact) mass is 274 g/mol. The molecule has 0 saturated carbocycles. The fourth-order valence-electron chi connectivity index (χ4n) is 1.03. The number of benzene rings is 1. The van der Waals surface area contributed by atoms with Crippen molar-refractivity contribution in [1.82, 2.24) is 0 Å². The van der Waals surface area contributed by atoms with Crippen LogP contribution in [0.5, 0.6) is 0 Å². The second-order valence-electron chi connectivity index (χ2n) is 2.83. The molecule has 0 spiro atoms. The Kier molecular flexibility index (Phi) is 3.72. The Bertz CT molecular complexity index is 264. The van der Waals surface area contributed by atoms with E-state index in [0.29, 0.717) is 6.42 Å². The Morgan fingerprint density at radius 1 is 1.25 bits per heavy atom. The van der Waals surface area contributed by atoms with E-state index in [4.69, 9.17) is 0 Å². The van der Waals surface area contributed by atoms with Crippen molar-refractivity contribution in [3.63, 3.8) is 0 Å². The number of carbonyl (C=O) groups excluding carboxylic acids is 1. The SMILES string of the molecule is CC(=O)Cc1ccc(CI)cc1. The lowest BCUT2D eigenvalue weighted by atomic mass is 10.1. The second-order valence-corrected chi connectivity index (χ2v) is 3.59. The summed E-state index contributed by atoms with van der Waals surface area (Å²) >= 11 is 2.32. The van der Waals surface area contributed by atoms with Crippen molar-refractivity contribution in [2.45, 2.75) is 17.8 Å². The quantitative estimate of drug-likeness (QED) is 0.612. The molecular formula is C10H11IO. The molecule has 64 valence electrons. The van der Waals surface area contributed by atoms with Gasteiger partial charge >= 0.3 is 0 Å². The Labute approximate surface area is 86.3 Å². The molecule has 0 heterocycles. The highest BCUT2D eigenvalue weighted by Gasteiger charge is 1.96. The zero-order valence-electron chi connectivity index (χ0n) is 7.01. The second kappa shape index (κ2) is 4.60. The van der Waals surface area contributed by atoms with Crippen LogP contribution in [-0.4, -0.2) is 5.78 Å². The summed E-state index contributed by atoms with van der Waals surface area (Å²) in [6.45, 7) is 1.62. The van der Waals surface area contributed by atoms with Crippen molar-refractivity contribution in [2.75, 3.05) is 0 Å². The average Bonchev–Trinajstić information content (AvgIpc) is 2.05. The molecule has 0 aliphatic rings. The number of Topliss-reactive ketones (excluding diaryl/α,β-unsaturated/α-hetero) is 1. The van der Waals surface area contributed by atoms with Gasteiger partial charge in [0.05, 0.1) is 0 Å².